The zero-order valence-electron chi connectivity index (χ0n) is 17.6. The molecule has 32 heavy (non-hydrogen) atoms. The average Bonchev–Trinajstić information content (AvgIpc) is 3.33. The second kappa shape index (κ2) is 11.5. The van der Waals surface area contributed by atoms with Gasteiger partial charge in [0.2, 0.25) is 5.91 Å². The Kier molecular flexibility index (Phi) is 8.41. The molecule has 0 spiro atoms. The first-order valence-corrected chi connectivity index (χ1v) is 11.5. The van der Waals surface area contributed by atoms with Crippen molar-refractivity contribution in [3.63, 3.8) is 0 Å². The molecule has 0 saturated carbocycles. The number of rotatable bonds is 9. The van der Waals surface area contributed by atoms with E-state index in [0.717, 1.165) is 12.0 Å². The summed E-state index contributed by atoms with van der Waals surface area (Å²) in [5, 5.41) is 10.4. The van der Waals surface area contributed by atoms with Gasteiger partial charge in [-0.2, -0.15) is 0 Å². The molecule has 1 heterocycles. The van der Waals surface area contributed by atoms with Gasteiger partial charge >= 0.3 is 0 Å². The fraction of sp³-hybridized carbons (Fsp3) is 0.208. The Balaban J connectivity index is 1.74. The lowest BCUT2D eigenvalue weighted by molar-refractivity contribution is -0.118. The molecule has 0 saturated heterocycles. The molecule has 6 nitrogen and oxygen atoms in total. The number of halogens is 1. The molecule has 0 fully saturated rings. The summed E-state index contributed by atoms with van der Waals surface area (Å²) >= 11 is 7.58. The normalized spacial score (nSPS) is 11.4. The van der Waals surface area contributed by atoms with E-state index < -0.39 is 6.04 Å². The Bertz CT molecular complexity index is 1070. The topological polar surface area (TPSA) is 87.3 Å². The maximum Gasteiger partial charge on any atom is 0.262 e. The fourth-order valence-electron chi connectivity index (χ4n) is 3.04. The van der Waals surface area contributed by atoms with Crippen molar-refractivity contribution in [2.45, 2.75) is 25.8 Å². The van der Waals surface area contributed by atoms with E-state index in [9.17, 15) is 14.4 Å². The van der Waals surface area contributed by atoms with Crippen LogP contribution in [0.3, 0.4) is 0 Å². The average molecular weight is 470 g/mol. The van der Waals surface area contributed by atoms with Gasteiger partial charge in [-0.3, -0.25) is 14.4 Å². The highest BCUT2D eigenvalue weighted by molar-refractivity contribution is 7.12. The van der Waals surface area contributed by atoms with Crippen LogP contribution in [0.5, 0.6) is 0 Å². The van der Waals surface area contributed by atoms with Crippen LogP contribution in [0.15, 0.2) is 66.0 Å². The standard InChI is InChI=1S/C24H24ClN3O3S/c1-2-12-26-22(29)18-11-10-17(15-19(18)25)27-23(30)20(14-16-7-4-3-5-8-16)28-24(31)21-9-6-13-32-21/h3-11,13,15,20H,2,12,14H2,1H3,(H,26,29)(H,27,30)(H,28,31). The minimum absolute atomic E-state index is 0.235. The number of hydrogen-bond acceptors (Lipinski definition) is 4. The third-order valence-electron chi connectivity index (χ3n) is 4.67. The third kappa shape index (κ3) is 6.42. The second-order valence-corrected chi connectivity index (χ2v) is 8.49. The molecule has 0 aliphatic rings. The van der Waals surface area contributed by atoms with Gasteiger partial charge in [0.25, 0.3) is 11.8 Å². The Hall–Kier alpha value is -3.16. The van der Waals surface area contributed by atoms with Gasteiger partial charge in [-0.25, -0.2) is 0 Å². The van der Waals surface area contributed by atoms with Crippen molar-refractivity contribution in [2.75, 3.05) is 11.9 Å². The molecule has 8 heteroatoms. The molecule has 3 aromatic rings. The van der Waals surface area contributed by atoms with Crippen molar-refractivity contribution in [1.29, 1.82) is 0 Å². The molecule has 166 valence electrons. The molecular weight excluding hydrogens is 446 g/mol. The lowest BCUT2D eigenvalue weighted by Gasteiger charge is -2.19. The zero-order valence-corrected chi connectivity index (χ0v) is 19.1. The molecule has 1 atom stereocenters. The Morgan fingerprint density at radius 1 is 1.00 bits per heavy atom. The first-order chi connectivity index (χ1) is 15.5. The number of anilines is 1. The number of nitrogens with one attached hydrogen (secondary N) is 3. The van der Waals surface area contributed by atoms with E-state index in [-0.39, 0.29) is 22.7 Å². The number of carbonyl (C=O) groups excluding carboxylic acids is 3. The van der Waals surface area contributed by atoms with Gasteiger partial charge in [-0.15, -0.1) is 11.3 Å². The summed E-state index contributed by atoms with van der Waals surface area (Å²) < 4.78 is 0. The van der Waals surface area contributed by atoms with Gasteiger partial charge in [-0.1, -0.05) is 54.9 Å². The predicted molar refractivity (Wildman–Crippen MR) is 128 cm³/mol. The highest BCUT2D eigenvalue weighted by atomic mass is 35.5. The van der Waals surface area contributed by atoms with Gasteiger partial charge in [0.05, 0.1) is 15.5 Å². The van der Waals surface area contributed by atoms with Crippen LogP contribution in [0.25, 0.3) is 0 Å². The number of amides is 3. The van der Waals surface area contributed by atoms with Gasteiger partial charge in [0.1, 0.15) is 6.04 Å². The van der Waals surface area contributed by atoms with Crippen molar-refractivity contribution in [2.24, 2.45) is 0 Å². The molecule has 0 bridgehead atoms. The van der Waals surface area contributed by atoms with E-state index in [1.165, 1.54) is 17.4 Å². The number of hydrogen-bond donors (Lipinski definition) is 3. The van der Waals surface area contributed by atoms with Crippen molar-refractivity contribution in [1.82, 2.24) is 10.6 Å². The summed E-state index contributed by atoms with van der Waals surface area (Å²) in [4.78, 5) is 38.3. The monoisotopic (exact) mass is 469 g/mol. The van der Waals surface area contributed by atoms with Gasteiger partial charge in [-0.05, 0) is 41.6 Å². The summed E-state index contributed by atoms with van der Waals surface area (Å²) in [6.07, 6.45) is 1.15. The lowest BCUT2D eigenvalue weighted by Crippen LogP contribution is -2.45. The van der Waals surface area contributed by atoms with E-state index in [1.807, 2.05) is 37.3 Å². The first kappa shape index (κ1) is 23.5. The van der Waals surface area contributed by atoms with E-state index in [4.69, 9.17) is 11.6 Å². The summed E-state index contributed by atoms with van der Waals surface area (Å²) in [5.41, 5.74) is 1.69. The van der Waals surface area contributed by atoms with Crippen molar-refractivity contribution in [3.8, 4) is 0 Å². The quantitative estimate of drug-likeness (QED) is 0.430. The highest BCUT2D eigenvalue weighted by Crippen LogP contribution is 2.21. The van der Waals surface area contributed by atoms with Crippen molar-refractivity contribution in [3.05, 3.63) is 87.1 Å². The minimum Gasteiger partial charge on any atom is -0.352 e. The van der Waals surface area contributed by atoms with Crippen LogP contribution in [-0.2, 0) is 11.2 Å². The summed E-state index contributed by atoms with van der Waals surface area (Å²) in [6, 6.07) is 16.9. The lowest BCUT2D eigenvalue weighted by atomic mass is 10.0. The number of carbonyl (C=O) groups is 3. The van der Waals surface area contributed by atoms with Crippen LogP contribution in [0.2, 0.25) is 5.02 Å². The van der Waals surface area contributed by atoms with Crippen molar-refractivity contribution < 1.29 is 14.4 Å². The van der Waals surface area contributed by atoms with Gasteiger partial charge in [0, 0.05) is 18.7 Å². The number of thiophene rings is 1. The third-order valence-corrected chi connectivity index (χ3v) is 5.85. The molecule has 0 aliphatic carbocycles. The first-order valence-electron chi connectivity index (χ1n) is 10.2. The van der Waals surface area contributed by atoms with Crippen LogP contribution >= 0.6 is 22.9 Å². The van der Waals surface area contributed by atoms with Crippen LogP contribution in [0.1, 0.15) is 38.9 Å². The zero-order chi connectivity index (χ0) is 22.9. The van der Waals surface area contributed by atoms with E-state index in [1.54, 1.807) is 29.6 Å². The highest BCUT2D eigenvalue weighted by Gasteiger charge is 2.23. The molecule has 1 aromatic heterocycles. The SMILES string of the molecule is CCCNC(=O)c1ccc(NC(=O)C(Cc2ccccc2)NC(=O)c2cccs2)cc1Cl. The van der Waals surface area contributed by atoms with Gasteiger partial charge < -0.3 is 16.0 Å². The maximum absolute atomic E-state index is 13.0. The Morgan fingerprint density at radius 2 is 1.78 bits per heavy atom. The molecule has 2 aromatic carbocycles. The molecule has 0 aliphatic heterocycles. The largest absolute Gasteiger partial charge is 0.352 e. The van der Waals surface area contributed by atoms with Gasteiger partial charge in [0.15, 0.2) is 0 Å². The summed E-state index contributed by atoms with van der Waals surface area (Å²) in [7, 11) is 0. The van der Waals surface area contributed by atoms with Crippen LogP contribution in [0.4, 0.5) is 5.69 Å². The predicted octanol–water partition coefficient (Wildman–Crippen LogP) is 4.52. The van der Waals surface area contributed by atoms with Crippen LogP contribution < -0.4 is 16.0 Å². The second-order valence-electron chi connectivity index (χ2n) is 7.13. The molecule has 0 radical (unpaired) electrons. The number of benzene rings is 2. The van der Waals surface area contributed by atoms with Crippen LogP contribution in [-0.4, -0.2) is 30.3 Å². The molecule has 1 unspecified atom stereocenters. The molecule has 3 rings (SSSR count). The smallest absolute Gasteiger partial charge is 0.262 e. The fourth-order valence-corrected chi connectivity index (χ4v) is 3.93. The van der Waals surface area contributed by atoms with E-state index >= 15 is 0 Å². The molecule has 3 amide bonds. The van der Waals surface area contributed by atoms with E-state index in [0.29, 0.717) is 29.1 Å². The molecule has 3 N–H and O–H groups in total. The minimum atomic E-state index is -0.793. The maximum atomic E-state index is 13.0. The Morgan fingerprint density at radius 3 is 2.44 bits per heavy atom. The Labute approximate surface area is 196 Å². The summed E-state index contributed by atoms with van der Waals surface area (Å²) in [5.74, 6) is -0.949. The summed E-state index contributed by atoms with van der Waals surface area (Å²) in [6.45, 7) is 2.52. The molecular formula is C24H24ClN3O3S. The van der Waals surface area contributed by atoms with Crippen molar-refractivity contribution >= 4 is 46.3 Å². The van der Waals surface area contributed by atoms with E-state index in [2.05, 4.69) is 16.0 Å². The van der Waals surface area contributed by atoms with Crippen LogP contribution in [0, 0.1) is 0 Å².